The first kappa shape index (κ1) is 17.6. The Morgan fingerprint density at radius 3 is 2.30 bits per heavy atom. The molecule has 0 saturated heterocycles. The van der Waals surface area contributed by atoms with Crippen LogP contribution >= 0.6 is 34.8 Å². The first-order valence-corrected chi connectivity index (χ1v) is 7.63. The third-order valence-electron chi connectivity index (χ3n) is 1.95. The lowest BCUT2D eigenvalue weighted by Gasteiger charge is -2.11. The number of hydrogen-bond donors (Lipinski definition) is 1. The summed E-state index contributed by atoms with van der Waals surface area (Å²) in [5, 5.41) is 0. The van der Waals surface area contributed by atoms with E-state index in [4.69, 9.17) is 34.8 Å². The fraction of sp³-hybridized carbons (Fsp3) is 0.300. The number of Topliss-reactive ketones (excluding diaryl/α,β-unsaturated/α-hetero) is 1. The van der Waals surface area contributed by atoms with Gasteiger partial charge in [-0.25, -0.2) is 4.39 Å². The highest BCUT2D eigenvalue weighted by molar-refractivity contribution is 7.84. The maximum Gasteiger partial charge on any atom is 0.336 e. The van der Waals surface area contributed by atoms with Crippen molar-refractivity contribution in [2.24, 2.45) is 0 Å². The Labute approximate surface area is 130 Å². The van der Waals surface area contributed by atoms with Crippen molar-refractivity contribution in [3.63, 3.8) is 0 Å². The van der Waals surface area contributed by atoms with Crippen molar-refractivity contribution in [1.29, 1.82) is 0 Å². The molecule has 0 bridgehead atoms. The van der Waals surface area contributed by atoms with Gasteiger partial charge >= 0.3 is 10.3 Å². The van der Waals surface area contributed by atoms with Crippen molar-refractivity contribution < 1.29 is 21.8 Å². The van der Waals surface area contributed by atoms with Gasteiger partial charge < -0.3 is 0 Å². The van der Waals surface area contributed by atoms with Gasteiger partial charge in [0, 0.05) is 5.56 Å². The standard InChI is InChI=1S/C10H9Cl3FNO4S/c11-10(12,13)6-19-20(17,18)15-5-9(16)7-1-3-8(14)4-2-7/h1-4,15H,5-6H2. The molecule has 0 spiro atoms. The van der Waals surface area contributed by atoms with Crippen LogP contribution in [0.2, 0.25) is 0 Å². The van der Waals surface area contributed by atoms with Gasteiger partial charge in [-0.2, -0.15) is 13.1 Å². The number of carbonyl (C=O) groups excluding carboxylic acids is 1. The Morgan fingerprint density at radius 2 is 1.80 bits per heavy atom. The van der Waals surface area contributed by atoms with Crippen LogP contribution in [-0.4, -0.2) is 31.1 Å². The summed E-state index contributed by atoms with van der Waals surface area (Å²) in [6.45, 7) is -1.26. The van der Waals surface area contributed by atoms with Crippen LogP contribution in [0.25, 0.3) is 0 Å². The van der Waals surface area contributed by atoms with E-state index in [1.807, 2.05) is 4.72 Å². The van der Waals surface area contributed by atoms with Gasteiger partial charge in [-0.3, -0.25) is 8.98 Å². The van der Waals surface area contributed by atoms with Crippen LogP contribution in [0.3, 0.4) is 0 Å². The summed E-state index contributed by atoms with van der Waals surface area (Å²) in [4.78, 5) is 11.6. The highest BCUT2D eigenvalue weighted by Crippen LogP contribution is 2.26. The van der Waals surface area contributed by atoms with Crippen molar-refractivity contribution in [3.8, 4) is 0 Å². The molecule has 112 valence electrons. The summed E-state index contributed by atoms with van der Waals surface area (Å²) < 4.78 is 39.7. The predicted molar refractivity (Wildman–Crippen MR) is 73.9 cm³/mol. The van der Waals surface area contributed by atoms with Gasteiger partial charge in [0.05, 0.1) is 6.54 Å². The van der Waals surface area contributed by atoms with Gasteiger partial charge in [0.15, 0.2) is 5.78 Å². The number of alkyl halides is 3. The Hall–Kier alpha value is -0.440. The van der Waals surface area contributed by atoms with Crippen LogP contribution in [-0.2, 0) is 14.5 Å². The molecule has 1 aromatic carbocycles. The van der Waals surface area contributed by atoms with Crippen molar-refractivity contribution >= 4 is 50.9 Å². The van der Waals surface area contributed by atoms with E-state index < -0.39 is 38.8 Å². The Balaban J connectivity index is 2.53. The minimum Gasteiger partial charge on any atom is -0.293 e. The third kappa shape index (κ3) is 6.83. The van der Waals surface area contributed by atoms with Gasteiger partial charge in [-0.1, -0.05) is 34.8 Å². The van der Waals surface area contributed by atoms with E-state index in [2.05, 4.69) is 4.18 Å². The number of hydrogen-bond acceptors (Lipinski definition) is 4. The molecule has 0 saturated carbocycles. The predicted octanol–water partition coefficient (Wildman–Crippen LogP) is 2.23. The van der Waals surface area contributed by atoms with Crippen LogP contribution in [0.1, 0.15) is 10.4 Å². The lowest BCUT2D eigenvalue weighted by atomic mass is 10.1. The summed E-state index contributed by atoms with van der Waals surface area (Å²) in [6.07, 6.45) is 0. The molecule has 5 nitrogen and oxygen atoms in total. The third-order valence-corrected chi connectivity index (χ3v) is 3.21. The van der Waals surface area contributed by atoms with E-state index in [0.717, 1.165) is 12.1 Å². The molecule has 20 heavy (non-hydrogen) atoms. The minimum absolute atomic E-state index is 0.149. The van der Waals surface area contributed by atoms with Gasteiger partial charge in [0.2, 0.25) is 3.79 Å². The van der Waals surface area contributed by atoms with Gasteiger partial charge in [-0.05, 0) is 24.3 Å². The molecule has 1 N–H and O–H groups in total. The summed E-state index contributed by atoms with van der Waals surface area (Å²) in [5.41, 5.74) is 0.149. The monoisotopic (exact) mass is 363 g/mol. The number of nitrogens with one attached hydrogen (secondary N) is 1. The molecule has 1 aromatic rings. The molecular formula is C10H9Cl3FNO4S. The molecule has 0 radical (unpaired) electrons. The van der Waals surface area contributed by atoms with Gasteiger partial charge in [0.25, 0.3) is 0 Å². The summed E-state index contributed by atoms with van der Waals surface area (Å²) in [5.74, 6) is -1.07. The smallest absolute Gasteiger partial charge is 0.293 e. The second-order valence-electron chi connectivity index (χ2n) is 3.58. The van der Waals surface area contributed by atoms with E-state index >= 15 is 0 Å². The topological polar surface area (TPSA) is 72.5 Å². The van der Waals surface area contributed by atoms with Crippen molar-refractivity contribution in [2.75, 3.05) is 13.2 Å². The molecule has 1 rings (SSSR count). The molecular weight excluding hydrogens is 356 g/mol. The second kappa shape index (κ2) is 7.02. The summed E-state index contributed by atoms with van der Waals surface area (Å²) in [6, 6.07) is 4.63. The van der Waals surface area contributed by atoms with Crippen molar-refractivity contribution in [2.45, 2.75) is 3.79 Å². The van der Waals surface area contributed by atoms with Crippen LogP contribution < -0.4 is 4.72 Å². The first-order valence-electron chi connectivity index (χ1n) is 5.08. The quantitative estimate of drug-likeness (QED) is 0.620. The van der Waals surface area contributed by atoms with E-state index in [-0.39, 0.29) is 5.56 Å². The van der Waals surface area contributed by atoms with Crippen LogP contribution in [0.4, 0.5) is 4.39 Å². The van der Waals surface area contributed by atoms with Crippen molar-refractivity contribution in [1.82, 2.24) is 4.72 Å². The zero-order valence-corrected chi connectivity index (χ0v) is 12.9. The number of carbonyl (C=O) groups is 1. The lowest BCUT2D eigenvalue weighted by molar-refractivity contribution is 0.0995. The Bertz CT molecular complexity index is 571. The number of ketones is 1. The van der Waals surface area contributed by atoms with Crippen LogP contribution in [0.15, 0.2) is 24.3 Å². The van der Waals surface area contributed by atoms with Crippen LogP contribution in [0.5, 0.6) is 0 Å². The SMILES string of the molecule is O=C(CNS(=O)(=O)OCC(Cl)(Cl)Cl)c1ccc(F)cc1. The zero-order valence-electron chi connectivity index (χ0n) is 9.78. The average Bonchev–Trinajstić information content (AvgIpc) is 2.34. The van der Waals surface area contributed by atoms with Crippen LogP contribution in [0, 0.1) is 5.82 Å². The van der Waals surface area contributed by atoms with E-state index in [0.29, 0.717) is 0 Å². The largest absolute Gasteiger partial charge is 0.336 e. The van der Waals surface area contributed by atoms with E-state index in [1.54, 1.807) is 0 Å². The molecule has 0 aliphatic rings. The lowest BCUT2D eigenvalue weighted by Crippen LogP contribution is -2.33. The fourth-order valence-electron chi connectivity index (χ4n) is 1.08. The molecule has 10 heteroatoms. The fourth-order valence-corrected chi connectivity index (χ4v) is 2.16. The molecule has 0 aliphatic carbocycles. The molecule has 0 amide bonds. The van der Waals surface area contributed by atoms with Gasteiger partial charge in [0.1, 0.15) is 12.4 Å². The normalized spacial score (nSPS) is 12.4. The highest BCUT2D eigenvalue weighted by Gasteiger charge is 2.24. The molecule has 0 heterocycles. The summed E-state index contributed by atoms with van der Waals surface area (Å²) >= 11 is 16.0. The number of halogens is 4. The van der Waals surface area contributed by atoms with E-state index in [1.165, 1.54) is 12.1 Å². The number of benzene rings is 1. The number of rotatable bonds is 6. The van der Waals surface area contributed by atoms with E-state index in [9.17, 15) is 17.6 Å². The maximum absolute atomic E-state index is 12.7. The Kier molecular flexibility index (Phi) is 6.18. The second-order valence-corrected chi connectivity index (χ2v) is 7.53. The zero-order chi connectivity index (χ0) is 15.4. The molecule has 0 aromatic heterocycles. The molecule has 0 atom stereocenters. The molecule has 0 aliphatic heterocycles. The maximum atomic E-state index is 12.7. The average molecular weight is 365 g/mol. The van der Waals surface area contributed by atoms with Crippen molar-refractivity contribution in [3.05, 3.63) is 35.6 Å². The minimum atomic E-state index is -4.22. The molecule has 0 fully saturated rings. The van der Waals surface area contributed by atoms with Gasteiger partial charge in [-0.15, -0.1) is 0 Å². The first-order chi connectivity index (χ1) is 9.09. The molecule has 0 unspecified atom stereocenters. The Morgan fingerprint density at radius 1 is 1.25 bits per heavy atom. The highest BCUT2D eigenvalue weighted by atomic mass is 35.6. The summed E-state index contributed by atoms with van der Waals surface area (Å²) in [7, 11) is -4.22.